The first-order valence-electron chi connectivity index (χ1n) is 9.27. The van der Waals surface area contributed by atoms with Crippen LogP contribution in [0.3, 0.4) is 0 Å². The van der Waals surface area contributed by atoms with E-state index in [9.17, 15) is 4.79 Å². The molecule has 2 aromatic heterocycles. The lowest BCUT2D eigenvalue weighted by Gasteiger charge is -2.08. The third-order valence-electron chi connectivity index (χ3n) is 4.32. The van der Waals surface area contributed by atoms with Crippen LogP contribution < -0.4 is 14.8 Å². The highest BCUT2D eigenvalue weighted by atomic mass is 16.5. The molecule has 0 unspecified atom stereocenters. The molecule has 0 aliphatic rings. The summed E-state index contributed by atoms with van der Waals surface area (Å²) >= 11 is 0. The quantitative estimate of drug-likeness (QED) is 0.488. The SMILES string of the molecule is COc1ccccc1-c1cc(C(=O)Nc2cccc(OCc3ccccn3)c2)no1. The van der Waals surface area contributed by atoms with Gasteiger partial charge in [0.15, 0.2) is 11.5 Å². The molecular formula is C23H19N3O4. The fourth-order valence-corrected chi connectivity index (χ4v) is 2.86. The molecule has 0 aliphatic carbocycles. The standard InChI is InChI=1S/C23H19N3O4/c1-28-21-11-3-2-10-19(21)22-14-20(26-30-22)23(27)25-16-8-6-9-18(13-16)29-15-17-7-4-5-12-24-17/h2-14H,15H2,1H3,(H,25,27). The lowest BCUT2D eigenvalue weighted by molar-refractivity contribution is 0.101. The molecule has 1 N–H and O–H groups in total. The van der Waals surface area contributed by atoms with Gasteiger partial charge in [0.1, 0.15) is 18.1 Å². The lowest BCUT2D eigenvalue weighted by atomic mass is 10.1. The van der Waals surface area contributed by atoms with Gasteiger partial charge in [0.2, 0.25) is 0 Å². The summed E-state index contributed by atoms with van der Waals surface area (Å²) in [5, 5.41) is 6.68. The van der Waals surface area contributed by atoms with Gasteiger partial charge < -0.3 is 19.3 Å². The predicted molar refractivity (Wildman–Crippen MR) is 111 cm³/mol. The number of nitrogens with one attached hydrogen (secondary N) is 1. The summed E-state index contributed by atoms with van der Waals surface area (Å²) in [5.74, 6) is 1.32. The molecule has 4 rings (SSSR count). The summed E-state index contributed by atoms with van der Waals surface area (Å²) in [6.45, 7) is 0.337. The Bertz CT molecular complexity index is 1140. The summed E-state index contributed by atoms with van der Waals surface area (Å²) in [6, 6.07) is 21.7. The fraction of sp³-hybridized carbons (Fsp3) is 0.0870. The number of ether oxygens (including phenoxy) is 2. The molecule has 150 valence electrons. The maximum atomic E-state index is 12.6. The van der Waals surface area contributed by atoms with E-state index in [1.807, 2.05) is 48.5 Å². The second kappa shape index (κ2) is 8.91. The number of nitrogens with zero attached hydrogens (tertiary/aromatic N) is 2. The molecule has 30 heavy (non-hydrogen) atoms. The average Bonchev–Trinajstić information content (AvgIpc) is 3.29. The van der Waals surface area contributed by atoms with Crippen molar-refractivity contribution in [3.63, 3.8) is 0 Å². The first-order valence-corrected chi connectivity index (χ1v) is 9.27. The highest BCUT2D eigenvalue weighted by molar-refractivity contribution is 6.03. The summed E-state index contributed by atoms with van der Waals surface area (Å²) in [4.78, 5) is 16.8. The minimum atomic E-state index is -0.387. The van der Waals surface area contributed by atoms with Crippen LogP contribution in [-0.2, 0) is 6.61 Å². The number of methoxy groups -OCH3 is 1. The molecule has 2 aromatic carbocycles. The molecule has 0 saturated carbocycles. The van der Waals surface area contributed by atoms with Gasteiger partial charge in [-0.2, -0.15) is 0 Å². The maximum Gasteiger partial charge on any atom is 0.277 e. The number of hydrogen-bond acceptors (Lipinski definition) is 6. The van der Waals surface area contributed by atoms with Gasteiger partial charge in [-0.05, 0) is 36.4 Å². The van der Waals surface area contributed by atoms with Crippen LogP contribution in [0, 0.1) is 0 Å². The van der Waals surface area contributed by atoms with Crippen molar-refractivity contribution in [2.24, 2.45) is 0 Å². The van der Waals surface area contributed by atoms with Gasteiger partial charge in [-0.15, -0.1) is 0 Å². The molecule has 0 aliphatic heterocycles. The van der Waals surface area contributed by atoms with Crippen LogP contribution >= 0.6 is 0 Å². The van der Waals surface area contributed by atoms with E-state index in [4.69, 9.17) is 14.0 Å². The molecule has 1 amide bonds. The molecule has 2 heterocycles. The Morgan fingerprint density at radius 1 is 1.03 bits per heavy atom. The fourth-order valence-electron chi connectivity index (χ4n) is 2.86. The van der Waals surface area contributed by atoms with Gasteiger partial charge in [0.25, 0.3) is 5.91 Å². The maximum absolute atomic E-state index is 12.6. The molecule has 0 radical (unpaired) electrons. The molecule has 0 saturated heterocycles. The number of amides is 1. The Balaban J connectivity index is 1.44. The van der Waals surface area contributed by atoms with Crippen molar-refractivity contribution >= 4 is 11.6 Å². The van der Waals surface area contributed by atoms with E-state index in [-0.39, 0.29) is 11.6 Å². The topological polar surface area (TPSA) is 86.5 Å². The van der Waals surface area contributed by atoms with Gasteiger partial charge in [-0.1, -0.05) is 29.4 Å². The second-order valence-electron chi connectivity index (χ2n) is 6.37. The van der Waals surface area contributed by atoms with Crippen molar-refractivity contribution in [1.82, 2.24) is 10.1 Å². The van der Waals surface area contributed by atoms with Crippen LogP contribution in [0.4, 0.5) is 5.69 Å². The van der Waals surface area contributed by atoms with Crippen LogP contribution in [0.1, 0.15) is 16.2 Å². The lowest BCUT2D eigenvalue weighted by Crippen LogP contribution is -2.12. The summed E-state index contributed by atoms with van der Waals surface area (Å²) < 4.78 is 16.4. The van der Waals surface area contributed by atoms with Crippen molar-refractivity contribution in [1.29, 1.82) is 0 Å². The summed E-state index contributed by atoms with van der Waals surface area (Å²) in [5.41, 5.74) is 2.28. The van der Waals surface area contributed by atoms with Crippen LogP contribution in [0.2, 0.25) is 0 Å². The van der Waals surface area contributed by atoms with Crippen molar-refractivity contribution in [2.45, 2.75) is 6.61 Å². The zero-order chi connectivity index (χ0) is 20.8. The number of benzene rings is 2. The summed E-state index contributed by atoms with van der Waals surface area (Å²) in [7, 11) is 1.58. The molecule has 4 aromatic rings. The van der Waals surface area contributed by atoms with Gasteiger partial charge >= 0.3 is 0 Å². The molecule has 7 nitrogen and oxygen atoms in total. The van der Waals surface area contributed by atoms with E-state index in [1.54, 1.807) is 37.6 Å². The van der Waals surface area contributed by atoms with Gasteiger partial charge in [0.05, 0.1) is 18.4 Å². The normalized spacial score (nSPS) is 10.4. The first kappa shape index (κ1) is 19.2. The number of para-hydroxylation sites is 1. The molecule has 0 spiro atoms. The van der Waals surface area contributed by atoms with E-state index in [0.717, 1.165) is 11.3 Å². The monoisotopic (exact) mass is 401 g/mol. The Morgan fingerprint density at radius 2 is 1.90 bits per heavy atom. The average molecular weight is 401 g/mol. The molecular weight excluding hydrogens is 382 g/mol. The van der Waals surface area contributed by atoms with Crippen molar-refractivity contribution < 1.29 is 18.8 Å². The van der Waals surface area contributed by atoms with Crippen LogP contribution in [0.25, 0.3) is 11.3 Å². The minimum Gasteiger partial charge on any atom is -0.496 e. The molecule has 0 bridgehead atoms. The number of anilines is 1. The van der Waals surface area contributed by atoms with Crippen LogP contribution in [0.5, 0.6) is 11.5 Å². The van der Waals surface area contributed by atoms with Crippen LogP contribution in [0.15, 0.2) is 83.5 Å². The third kappa shape index (κ3) is 4.47. The highest BCUT2D eigenvalue weighted by Crippen LogP contribution is 2.30. The van der Waals surface area contributed by atoms with Gasteiger partial charge in [-0.3, -0.25) is 9.78 Å². The van der Waals surface area contributed by atoms with Crippen molar-refractivity contribution in [3.05, 3.63) is 90.4 Å². The molecule has 0 fully saturated rings. The predicted octanol–water partition coefficient (Wildman–Crippen LogP) is 4.58. The molecule has 7 heteroatoms. The van der Waals surface area contributed by atoms with E-state index >= 15 is 0 Å². The Labute approximate surface area is 173 Å². The van der Waals surface area contributed by atoms with E-state index in [2.05, 4.69) is 15.5 Å². The van der Waals surface area contributed by atoms with Crippen LogP contribution in [-0.4, -0.2) is 23.2 Å². The zero-order valence-corrected chi connectivity index (χ0v) is 16.2. The van der Waals surface area contributed by atoms with Crippen molar-refractivity contribution in [2.75, 3.05) is 12.4 Å². The number of rotatable bonds is 7. The van der Waals surface area contributed by atoms with E-state index < -0.39 is 0 Å². The molecule has 0 atom stereocenters. The van der Waals surface area contributed by atoms with E-state index in [1.165, 1.54) is 0 Å². The Morgan fingerprint density at radius 3 is 2.73 bits per heavy atom. The second-order valence-corrected chi connectivity index (χ2v) is 6.37. The summed E-state index contributed by atoms with van der Waals surface area (Å²) in [6.07, 6.45) is 1.71. The van der Waals surface area contributed by atoms with Crippen molar-refractivity contribution in [3.8, 4) is 22.8 Å². The number of carbonyl (C=O) groups is 1. The smallest absolute Gasteiger partial charge is 0.277 e. The third-order valence-corrected chi connectivity index (χ3v) is 4.32. The van der Waals surface area contributed by atoms with Gasteiger partial charge in [0, 0.05) is 24.0 Å². The number of carbonyl (C=O) groups excluding carboxylic acids is 1. The highest BCUT2D eigenvalue weighted by Gasteiger charge is 2.16. The number of pyridine rings is 1. The van der Waals surface area contributed by atoms with E-state index in [0.29, 0.717) is 29.6 Å². The minimum absolute atomic E-state index is 0.163. The van der Waals surface area contributed by atoms with Gasteiger partial charge in [-0.25, -0.2) is 0 Å². The Kier molecular flexibility index (Phi) is 5.70. The number of aromatic nitrogens is 2. The first-order chi connectivity index (χ1) is 14.7. The number of hydrogen-bond donors (Lipinski definition) is 1. The largest absolute Gasteiger partial charge is 0.496 e. The zero-order valence-electron chi connectivity index (χ0n) is 16.2. The Hall–Kier alpha value is -4.13.